The van der Waals surface area contributed by atoms with E-state index < -0.39 is 11.6 Å². The summed E-state index contributed by atoms with van der Waals surface area (Å²) in [6.45, 7) is 3.70. The highest BCUT2D eigenvalue weighted by Gasteiger charge is 2.06. The molecule has 0 fully saturated rings. The lowest BCUT2D eigenvalue weighted by atomic mass is 10.3. The number of nitrogens with zero attached hydrogens (tertiary/aromatic N) is 1. The molecule has 0 unspecified atom stereocenters. The van der Waals surface area contributed by atoms with Crippen LogP contribution in [0.2, 0.25) is 0 Å². The van der Waals surface area contributed by atoms with Crippen molar-refractivity contribution in [2.45, 2.75) is 23.4 Å². The van der Waals surface area contributed by atoms with E-state index in [1.165, 1.54) is 23.9 Å². The van der Waals surface area contributed by atoms with Gasteiger partial charge in [0.1, 0.15) is 16.7 Å². The Hall–Kier alpha value is -1.46. The zero-order valence-corrected chi connectivity index (χ0v) is 11.3. The highest BCUT2D eigenvalue weighted by Crippen LogP contribution is 2.28. The summed E-state index contributed by atoms with van der Waals surface area (Å²) in [7, 11) is 0. The summed E-state index contributed by atoms with van der Waals surface area (Å²) in [5, 5.41) is 3.89. The third kappa shape index (κ3) is 4.01. The average molecular weight is 280 g/mol. The summed E-state index contributed by atoms with van der Waals surface area (Å²) in [4.78, 5) is 4.62. The fourth-order valence-electron chi connectivity index (χ4n) is 1.52. The number of hydrogen-bond donors (Lipinski definition) is 1. The highest BCUT2D eigenvalue weighted by atomic mass is 32.2. The summed E-state index contributed by atoms with van der Waals surface area (Å²) >= 11 is 1.18. The van der Waals surface area contributed by atoms with E-state index in [2.05, 4.69) is 10.3 Å². The standard InChI is InChI=1S/C14H14F2N2S/c1-2-17-8-10-3-6-14(18-9-10)19-13-5-4-11(15)7-12(13)16/h3-7,9,17H,2,8H2,1H3. The molecule has 1 aromatic carbocycles. The van der Waals surface area contributed by atoms with Gasteiger partial charge in [0.2, 0.25) is 0 Å². The average Bonchev–Trinajstić information content (AvgIpc) is 2.41. The van der Waals surface area contributed by atoms with Crippen LogP contribution in [-0.2, 0) is 6.54 Å². The minimum absolute atomic E-state index is 0.369. The van der Waals surface area contributed by atoms with Gasteiger partial charge in [0.15, 0.2) is 0 Å². The van der Waals surface area contributed by atoms with Crippen LogP contribution in [0, 0.1) is 11.6 Å². The van der Waals surface area contributed by atoms with Crippen molar-refractivity contribution in [2.24, 2.45) is 0 Å². The molecule has 0 amide bonds. The molecule has 1 aromatic heterocycles. The molecule has 0 saturated carbocycles. The Balaban J connectivity index is 2.06. The van der Waals surface area contributed by atoms with Crippen molar-refractivity contribution >= 4 is 11.8 Å². The van der Waals surface area contributed by atoms with Gasteiger partial charge in [-0.3, -0.25) is 0 Å². The first-order chi connectivity index (χ1) is 9.19. The molecule has 0 aliphatic rings. The van der Waals surface area contributed by atoms with Crippen LogP contribution in [0.15, 0.2) is 46.5 Å². The lowest BCUT2D eigenvalue weighted by Gasteiger charge is -2.05. The summed E-state index contributed by atoms with van der Waals surface area (Å²) in [5.41, 5.74) is 1.07. The number of aromatic nitrogens is 1. The first-order valence-electron chi connectivity index (χ1n) is 5.97. The van der Waals surface area contributed by atoms with Crippen LogP contribution in [-0.4, -0.2) is 11.5 Å². The maximum atomic E-state index is 13.5. The van der Waals surface area contributed by atoms with Gasteiger partial charge in [-0.25, -0.2) is 13.8 Å². The normalized spacial score (nSPS) is 10.7. The van der Waals surface area contributed by atoms with Gasteiger partial charge in [-0.05, 0) is 30.3 Å². The summed E-state index contributed by atoms with van der Waals surface area (Å²) in [6.07, 6.45) is 1.76. The zero-order valence-electron chi connectivity index (χ0n) is 10.5. The molecule has 0 aliphatic carbocycles. The molecule has 0 saturated heterocycles. The Morgan fingerprint density at radius 2 is 2.05 bits per heavy atom. The first kappa shape index (κ1) is 14.0. The molecule has 2 rings (SSSR count). The van der Waals surface area contributed by atoms with Gasteiger partial charge in [-0.2, -0.15) is 0 Å². The molecule has 0 radical (unpaired) electrons. The number of nitrogens with one attached hydrogen (secondary N) is 1. The number of pyridine rings is 1. The molecule has 0 aliphatic heterocycles. The quantitative estimate of drug-likeness (QED) is 0.905. The van der Waals surface area contributed by atoms with Crippen molar-refractivity contribution in [1.29, 1.82) is 0 Å². The van der Waals surface area contributed by atoms with Crippen LogP contribution in [0.1, 0.15) is 12.5 Å². The molecule has 100 valence electrons. The van der Waals surface area contributed by atoms with Crippen LogP contribution in [0.5, 0.6) is 0 Å². The van der Waals surface area contributed by atoms with Crippen LogP contribution >= 0.6 is 11.8 Å². The number of halogens is 2. The summed E-state index contributed by atoms with van der Waals surface area (Å²) in [5.74, 6) is -1.14. The Labute approximate surface area is 115 Å². The maximum absolute atomic E-state index is 13.5. The Morgan fingerprint density at radius 3 is 2.68 bits per heavy atom. The lowest BCUT2D eigenvalue weighted by Crippen LogP contribution is -2.11. The third-order valence-electron chi connectivity index (χ3n) is 2.49. The van der Waals surface area contributed by atoms with E-state index in [0.717, 1.165) is 24.7 Å². The smallest absolute Gasteiger partial charge is 0.140 e. The van der Waals surface area contributed by atoms with E-state index in [0.29, 0.717) is 9.92 Å². The number of rotatable bonds is 5. The summed E-state index contributed by atoms with van der Waals surface area (Å²) < 4.78 is 26.3. The molecule has 5 heteroatoms. The van der Waals surface area contributed by atoms with Crippen molar-refractivity contribution in [3.63, 3.8) is 0 Å². The minimum atomic E-state index is -0.573. The van der Waals surface area contributed by atoms with E-state index >= 15 is 0 Å². The molecule has 2 nitrogen and oxygen atoms in total. The molecule has 1 heterocycles. The van der Waals surface area contributed by atoms with E-state index in [1.807, 2.05) is 19.1 Å². The molecule has 1 N–H and O–H groups in total. The maximum Gasteiger partial charge on any atom is 0.140 e. The Morgan fingerprint density at radius 1 is 1.21 bits per heavy atom. The predicted molar refractivity (Wildman–Crippen MR) is 72.1 cm³/mol. The van der Waals surface area contributed by atoms with Crippen molar-refractivity contribution in [1.82, 2.24) is 10.3 Å². The Bertz CT molecular complexity index is 544. The van der Waals surface area contributed by atoms with Gasteiger partial charge >= 0.3 is 0 Å². The molecule has 0 bridgehead atoms. The molecule has 0 spiro atoms. The van der Waals surface area contributed by atoms with Crippen LogP contribution in [0.25, 0.3) is 0 Å². The fourth-order valence-corrected chi connectivity index (χ4v) is 2.28. The van der Waals surface area contributed by atoms with Gasteiger partial charge in [0.05, 0.1) is 0 Å². The van der Waals surface area contributed by atoms with Crippen LogP contribution in [0.3, 0.4) is 0 Å². The first-order valence-corrected chi connectivity index (χ1v) is 6.79. The van der Waals surface area contributed by atoms with E-state index in [1.54, 1.807) is 6.20 Å². The monoisotopic (exact) mass is 280 g/mol. The molecule has 2 aromatic rings. The minimum Gasteiger partial charge on any atom is -0.313 e. The SMILES string of the molecule is CCNCc1ccc(Sc2ccc(F)cc2F)nc1. The van der Waals surface area contributed by atoms with E-state index in [9.17, 15) is 8.78 Å². The van der Waals surface area contributed by atoms with Crippen molar-refractivity contribution in [2.75, 3.05) is 6.54 Å². The topological polar surface area (TPSA) is 24.9 Å². The van der Waals surface area contributed by atoms with Crippen LogP contribution in [0.4, 0.5) is 8.78 Å². The van der Waals surface area contributed by atoms with Gasteiger partial charge in [-0.1, -0.05) is 24.8 Å². The molecular weight excluding hydrogens is 266 g/mol. The van der Waals surface area contributed by atoms with Gasteiger partial charge in [0.25, 0.3) is 0 Å². The number of benzene rings is 1. The zero-order chi connectivity index (χ0) is 13.7. The predicted octanol–water partition coefficient (Wildman–Crippen LogP) is 3.62. The second-order valence-corrected chi connectivity index (χ2v) is 5.02. The second-order valence-electron chi connectivity index (χ2n) is 3.96. The molecule has 19 heavy (non-hydrogen) atoms. The van der Waals surface area contributed by atoms with Crippen molar-refractivity contribution in [3.05, 3.63) is 53.7 Å². The van der Waals surface area contributed by atoms with Gasteiger partial charge in [-0.15, -0.1) is 0 Å². The van der Waals surface area contributed by atoms with E-state index in [-0.39, 0.29) is 0 Å². The summed E-state index contributed by atoms with van der Waals surface area (Å²) in [6, 6.07) is 7.32. The van der Waals surface area contributed by atoms with Crippen molar-refractivity contribution in [3.8, 4) is 0 Å². The Kier molecular flexibility index (Phi) is 4.87. The van der Waals surface area contributed by atoms with Crippen molar-refractivity contribution < 1.29 is 8.78 Å². The third-order valence-corrected chi connectivity index (χ3v) is 3.49. The lowest BCUT2D eigenvalue weighted by molar-refractivity contribution is 0.565. The second kappa shape index (κ2) is 6.63. The van der Waals surface area contributed by atoms with E-state index in [4.69, 9.17) is 0 Å². The largest absolute Gasteiger partial charge is 0.313 e. The van der Waals surface area contributed by atoms with Gasteiger partial charge < -0.3 is 5.32 Å². The molecule has 0 atom stereocenters. The molecular formula is C14H14F2N2S. The number of hydrogen-bond acceptors (Lipinski definition) is 3. The highest BCUT2D eigenvalue weighted by molar-refractivity contribution is 7.99. The van der Waals surface area contributed by atoms with Gasteiger partial charge in [0, 0.05) is 23.7 Å². The van der Waals surface area contributed by atoms with Crippen LogP contribution < -0.4 is 5.32 Å². The fraction of sp³-hybridized carbons (Fsp3) is 0.214.